The second kappa shape index (κ2) is 9.68. The van der Waals surface area contributed by atoms with E-state index in [2.05, 4.69) is 55.3 Å². The number of benzene rings is 1. The predicted molar refractivity (Wildman–Crippen MR) is 141 cm³/mol. The van der Waals surface area contributed by atoms with Gasteiger partial charge >= 0.3 is 0 Å². The van der Waals surface area contributed by atoms with Crippen molar-refractivity contribution in [2.75, 3.05) is 62.4 Å². The van der Waals surface area contributed by atoms with Crippen LogP contribution in [0.4, 0.5) is 17.5 Å². The quantitative estimate of drug-likeness (QED) is 0.479. The fourth-order valence-corrected chi connectivity index (χ4v) is 4.17. The van der Waals surface area contributed by atoms with E-state index in [1.165, 1.54) is 0 Å². The molecule has 35 heavy (non-hydrogen) atoms. The minimum atomic E-state index is -0.200. The monoisotopic (exact) mass is 467 g/mol. The number of pyridine rings is 3. The highest BCUT2D eigenvalue weighted by Crippen LogP contribution is 2.26. The lowest BCUT2D eigenvalue weighted by Gasteiger charge is -2.33. The van der Waals surface area contributed by atoms with Gasteiger partial charge in [0.2, 0.25) is 0 Å². The predicted octanol–water partition coefficient (Wildman–Crippen LogP) is 3.76. The van der Waals surface area contributed by atoms with Gasteiger partial charge in [0, 0.05) is 75.4 Å². The van der Waals surface area contributed by atoms with Crippen molar-refractivity contribution in [3.05, 3.63) is 72.7 Å². The molecule has 8 nitrogen and oxygen atoms in total. The van der Waals surface area contributed by atoms with Gasteiger partial charge in [0.1, 0.15) is 17.5 Å². The topological polar surface area (TPSA) is 77.5 Å². The number of carbonyl (C=O) groups is 1. The maximum absolute atomic E-state index is 13.0. The van der Waals surface area contributed by atoms with Crippen LogP contribution in [0.2, 0.25) is 0 Å². The van der Waals surface area contributed by atoms with Crippen LogP contribution < -0.4 is 15.1 Å². The van der Waals surface area contributed by atoms with Gasteiger partial charge in [0.25, 0.3) is 5.91 Å². The first-order valence-electron chi connectivity index (χ1n) is 11.7. The van der Waals surface area contributed by atoms with E-state index < -0.39 is 0 Å². The molecule has 0 radical (unpaired) electrons. The third-order valence-corrected chi connectivity index (χ3v) is 6.34. The lowest BCUT2D eigenvalue weighted by atomic mass is 10.0. The van der Waals surface area contributed by atoms with Gasteiger partial charge < -0.3 is 20.0 Å². The van der Waals surface area contributed by atoms with Gasteiger partial charge in [-0.25, -0.2) is 15.0 Å². The molecule has 0 atom stereocenters. The lowest BCUT2D eigenvalue weighted by molar-refractivity contribution is 0.102. The summed E-state index contributed by atoms with van der Waals surface area (Å²) in [6.07, 6.45) is 5.35. The number of carbonyl (C=O) groups excluding carboxylic acids is 1. The smallest absolute Gasteiger partial charge is 0.257 e. The highest BCUT2D eigenvalue weighted by molar-refractivity contribution is 6.05. The first-order valence-corrected chi connectivity index (χ1v) is 11.7. The molecule has 1 aromatic carbocycles. The Hall–Kier alpha value is -4.04. The largest absolute Gasteiger partial charge is 0.363 e. The lowest BCUT2D eigenvalue weighted by Crippen LogP contribution is -2.44. The molecule has 5 rings (SSSR count). The molecule has 0 aliphatic carbocycles. The summed E-state index contributed by atoms with van der Waals surface area (Å²) in [4.78, 5) is 32.9. The molecule has 3 aromatic heterocycles. The number of nitrogens with one attached hydrogen (secondary N) is 1. The first-order chi connectivity index (χ1) is 17.0. The summed E-state index contributed by atoms with van der Waals surface area (Å²) in [6.45, 7) is 3.76. The van der Waals surface area contributed by atoms with Crippen molar-refractivity contribution in [1.82, 2.24) is 19.9 Å². The number of anilines is 3. The van der Waals surface area contributed by atoms with E-state index in [0.717, 1.165) is 59.7 Å². The molecule has 0 bridgehead atoms. The third kappa shape index (κ3) is 5.07. The van der Waals surface area contributed by atoms with Crippen molar-refractivity contribution in [3.63, 3.8) is 0 Å². The molecule has 0 spiro atoms. The molecule has 0 unspecified atom stereocenters. The van der Waals surface area contributed by atoms with Crippen molar-refractivity contribution >= 4 is 34.1 Å². The number of fused-ring (bicyclic) bond motifs is 1. The average molecular weight is 468 g/mol. The van der Waals surface area contributed by atoms with Crippen LogP contribution >= 0.6 is 0 Å². The van der Waals surface area contributed by atoms with Crippen LogP contribution in [-0.4, -0.2) is 73.1 Å². The maximum Gasteiger partial charge on any atom is 0.257 e. The summed E-state index contributed by atoms with van der Waals surface area (Å²) in [5.41, 5.74) is 2.66. The van der Waals surface area contributed by atoms with E-state index in [-0.39, 0.29) is 5.91 Å². The van der Waals surface area contributed by atoms with E-state index in [1.807, 2.05) is 49.5 Å². The van der Waals surface area contributed by atoms with E-state index in [9.17, 15) is 4.79 Å². The first kappa shape index (κ1) is 22.7. The molecule has 1 aliphatic heterocycles. The minimum absolute atomic E-state index is 0.200. The zero-order valence-electron chi connectivity index (χ0n) is 20.3. The van der Waals surface area contributed by atoms with Gasteiger partial charge in [0.05, 0.1) is 0 Å². The molecule has 1 N–H and O–H groups in total. The Kier molecular flexibility index (Phi) is 6.29. The Morgan fingerprint density at radius 3 is 2.40 bits per heavy atom. The van der Waals surface area contributed by atoms with E-state index in [4.69, 9.17) is 0 Å². The number of hydrogen-bond donors (Lipinski definition) is 1. The molecule has 1 amide bonds. The van der Waals surface area contributed by atoms with Crippen molar-refractivity contribution < 1.29 is 4.79 Å². The van der Waals surface area contributed by atoms with Crippen molar-refractivity contribution in [2.45, 2.75) is 0 Å². The zero-order chi connectivity index (χ0) is 24.4. The molecule has 4 aromatic rings. The van der Waals surface area contributed by atoms with Gasteiger partial charge in [-0.2, -0.15) is 0 Å². The van der Waals surface area contributed by atoms with Crippen LogP contribution in [0.3, 0.4) is 0 Å². The number of hydrogen-bond acceptors (Lipinski definition) is 7. The van der Waals surface area contributed by atoms with Gasteiger partial charge in [-0.3, -0.25) is 4.79 Å². The third-order valence-electron chi connectivity index (χ3n) is 6.34. The number of nitrogens with zero attached hydrogens (tertiary/aromatic N) is 6. The van der Waals surface area contributed by atoms with Crippen LogP contribution in [0, 0.1) is 0 Å². The molecule has 4 heterocycles. The fourth-order valence-electron chi connectivity index (χ4n) is 4.17. The van der Waals surface area contributed by atoms with E-state index in [1.54, 1.807) is 18.5 Å². The standard InChI is InChI=1S/C27H29N7O/c1-32(2)25-7-6-21(18-30-25)19-4-5-22-17-29-24(15-23(22)14-19)31-27(35)20-8-9-28-26(16-20)34-12-10-33(3)11-13-34/h4-9,14-18H,10-13H2,1-3H3,(H,29,31,35). The molecule has 1 fully saturated rings. The number of rotatable bonds is 5. The molecule has 8 heteroatoms. The van der Waals surface area contributed by atoms with Gasteiger partial charge in [-0.15, -0.1) is 0 Å². The summed E-state index contributed by atoms with van der Waals surface area (Å²) in [7, 11) is 6.06. The van der Waals surface area contributed by atoms with Crippen LogP contribution in [0.5, 0.6) is 0 Å². The summed E-state index contributed by atoms with van der Waals surface area (Å²) in [6, 6.07) is 15.7. The van der Waals surface area contributed by atoms with Crippen LogP contribution in [0.1, 0.15) is 10.4 Å². The van der Waals surface area contributed by atoms with Gasteiger partial charge in [-0.05, 0) is 54.4 Å². The van der Waals surface area contributed by atoms with Crippen molar-refractivity contribution in [3.8, 4) is 11.1 Å². The summed E-state index contributed by atoms with van der Waals surface area (Å²) in [5, 5.41) is 4.95. The number of aromatic nitrogens is 3. The summed E-state index contributed by atoms with van der Waals surface area (Å²) < 4.78 is 0. The highest BCUT2D eigenvalue weighted by Gasteiger charge is 2.17. The second-order valence-corrected chi connectivity index (χ2v) is 9.08. The zero-order valence-corrected chi connectivity index (χ0v) is 20.3. The molecular formula is C27H29N7O. The second-order valence-electron chi connectivity index (χ2n) is 9.08. The molecule has 178 valence electrons. The van der Waals surface area contributed by atoms with E-state index in [0.29, 0.717) is 11.4 Å². The average Bonchev–Trinajstić information content (AvgIpc) is 2.89. The Balaban J connectivity index is 1.34. The Labute approximate surface area is 205 Å². The van der Waals surface area contributed by atoms with Gasteiger partial charge in [0.15, 0.2) is 0 Å². The number of likely N-dealkylation sites (N-methyl/N-ethyl adjacent to an activating group) is 1. The fraction of sp³-hybridized carbons (Fsp3) is 0.259. The van der Waals surface area contributed by atoms with Gasteiger partial charge in [-0.1, -0.05) is 12.1 Å². The molecule has 1 saturated heterocycles. The Bertz CT molecular complexity index is 1350. The van der Waals surface area contributed by atoms with Crippen LogP contribution in [0.25, 0.3) is 21.9 Å². The molecule has 0 saturated carbocycles. The molecular weight excluding hydrogens is 438 g/mol. The number of amides is 1. The maximum atomic E-state index is 13.0. The molecule has 1 aliphatic rings. The number of piperazine rings is 1. The van der Waals surface area contributed by atoms with Crippen molar-refractivity contribution in [2.24, 2.45) is 0 Å². The normalized spacial score (nSPS) is 14.2. The summed E-state index contributed by atoms with van der Waals surface area (Å²) >= 11 is 0. The highest BCUT2D eigenvalue weighted by atomic mass is 16.1. The van der Waals surface area contributed by atoms with E-state index >= 15 is 0 Å². The Morgan fingerprint density at radius 1 is 0.857 bits per heavy atom. The summed E-state index contributed by atoms with van der Waals surface area (Å²) in [5.74, 6) is 2.05. The SMILES string of the molecule is CN1CCN(c2cc(C(=O)Nc3cc4cc(-c5ccc(N(C)C)nc5)ccc4cn3)ccn2)CC1. The van der Waals surface area contributed by atoms with Crippen LogP contribution in [-0.2, 0) is 0 Å². The van der Waals surface area contributed by atoms with Crippen LogP contribution in [0.15, 0.2) is 67.1 Å². The minimum Gasteiger partial charge on any atom is -0.363 e. The Morgan fingerprint density at radius 2 is 1.66 bits per heavy atom. The van der Waals surface area contributed by atoms with Crippen molar-refractivity contribution in [1.29, 1.82) is 0 Å².